The molecule has 0 atom stereocenters. The standard InChI is InChI=1S/C9H17N3O2S/c1-3-12-9(4-5-11-12)8-10-6-7-15(2,13)14/h4-5,10H,3,6-8H2,1-2H3. The molecule has 0 aliphatic carbocycles. The zero-order valence-corrected chi connectivity index (χ0v) is 9.92. The van der Waals surface area contributed by atoms with E-state index in [0.29, 0.717) is 13.1 Å². The predicted molar refractivity (Wildman–Crippen MR) is 59.3 cm³/mol. The number of hydrogen-bond donors (Lipinski definition) is 1. The molecule has 0 aromatic carbocycles. The summed E-state index contributed by atoms with van der Waals surface area (Å²) in [6, 6.07) is 1.93. The third-order valence-corrected chi connectivity index (χ3v) is 3.01. The minimum absolute atomic E-state index is 0.174. The van der Waals surface area contributed by atoms with Crippen LogP contribution in [0.2, 0.25) is 0 Å². The normalized spacial score (nSPS) is 11.9. The summed E-state index contributed by atoms with van der Waals surface area (Å²) in [6.07, 6.45) is 2.99. The number of nitrogens with zero attached hydrogens (tertiary/aromatic N) is 2. The van der Waals surface area contributed by atoms with Crippen LogP contribution in [-0.4, -0.2) is 36.8 Å². The Morgan fingerprint density at radius 3 is 2.87 bits per heavy atom. The van der Waals surface area contributed by atoms with E-state index >= 15 is 0 Å². The van der Waals surface area contributed by atoms with Crippen molar-refractivity contribution in [1.82, 2.24) is 15.1 Å². The van der Waals surface area contributed by atoms with Gasteiger partial charge in [0.05, 0.1) is 11.4 Å². The molecule has 1 heterocycles. The fourth-order valence-corrected chi connectivity index (χ4v) is 1.78. The molecular formula is C9H17N3O2S. The maximum atomic E-state index is 10.9. The summed E-state index contributed by atoms with van der Waals surface area (Å²) in [5, 5.41) is 7.20. The van der Waals surface area contributed by atoms with E-state index in [4.69, 9.17) is 0 Å². The molecule has 1 aromatic rings. The quantitative estimate of drug-likeness (QED) is 0.702. The summed E-state index contributed by atoms with van der Waals surface area (Å²) in [7, 11) is -2.87. The van der Waals surface area contributed by atoms with E-state index < -0.39 is 9.84 Å². The molecule has 15 heavy (non-hydrogen) atoms. The van der Waals surface area contributed by atoms with Gasteiger partial charge in [0, 0.05) is 32.1 Å². The van der Waals surface area contributed by atoms with Gasteiger partial charge in [-0.2, -0.15) is 5.10 Å². The molecule has 0 unspecified atom stereocenters. The SMILES string of the molecule is CCn1nccc1CNCCS(C)(=O)=O. The number of nitrogens with one attached hydrogen (secondary N) is 1. The molecule has 1 N–H and O–H groups in total. The molecule has 6 heteroatoms. The smallest absolute Gasteiger partial charge is 0.148 e. The number of sulfone groups is 1. The fraction of sp³-hybridized carbons (Fsp3) is 0.667. The van der Waals surface area contributed by atoms with Crippen LogP contribution in [0.5, 0.6) is 0 Å². The average Bonchev–Trinajstić information content (AvgIpc) is 2.58. The lowest BCUT2D eigenvalue weighted by molar-refractivity contribution is 0.580. The van der Waals surface area contributed by atoms with Gasteiger partial charge in [0.25, 0.3) is 0 Å². The van der Waals surface area contributed by atoms with Crippen LogP contribution in [0.25, 0.3) is 0 Å². The van der Waals surface area contributed by atoms with Crippen molar-refractivity contribution in [3.05, 3.63) is 18.0 Å². The third kappa shape index (κ3) is 4.44. The van der Waals surface area contributed by atoms with Crippen LogP contribution in [0.15, 0.2) is 12.3 Å². The van der Waals surface area contributed by atoms with E-state index in [9.17, 15) is 8.42 Å². The Bertz CT molecular complexity index is 397. The molecule has 1 rings (SSSR count). The second-order valence-electron chi connectivity index (χ2n) is 3.44. The van der Waals surface area contributed by atoms with Gasteiger partial charge in [0.15, 0.2) is 0 Å². The molecule has 0 fully saturated rings. The highest BCUT2D eigenvalue weighted by molar-refractivity contribution is 7.90. The molecule has 1 aromatic heterocycles. The maximum absolute atomic E-state index is 10.9. The van der Waals surface area contributed by atoms with Crippen molar-refractivity contribution in [2.75, 3.05) is 18.6 Å². The minimum atomic E-state index is -2.87. The number of aromatic nitrogens is 2. The van der Waals surface area contributed by atoms with Crippen LogP contribution in [0.4, 0.5) is 0 Å². The Balaban J connectivity index is 2.32. The van der Waals surface area contributed by atoms with Crippen LogP contribution in [-0.2, 0) is 22.9 Å². The summed E-state index contributed by atoms with van der Waals surface area (Å²) >= 11 is 0. The molecule has 5 nitrogen and oxygen atoms in total. The molecule has 0 saturated carbocycles. The minimum Gasteiger partial charge on any atom is -0.310 e. The second-order valence-corrected chi connectivity index (χ2v) is 5.70. The molecule has 0 amide bonds. The van der Waals surface area contributed by atoms with E-state index in [1.165, 1.54) is 6.26 Å². The first-order chi connectivity index (χ1) is 7.03. The monoisotopic (exact) mass is 231 g/mol. The molecular weight excluding hydrogens is 214 g/mol. The molecule has 0 bridgehead atoms. The van der Waals surface area contributed by atoms with Crippen LogP contribution < -0.4 is 5.32 Å². The average molecular weight is 231 g/mol. The molecule has 0 aliphatic heterocycles. The van der Waals surface area contributed by atoms with Crippen molar-refractivity contribution in [1.29, 1.82) is 0 Å². The lowest BCUT2D eigenvalue weighted by atomic mass is 10.4. The highest BCUT2D eigenvalue weighted by Gasteiger charge is 2.02. The summed E-state index contributed by atoms with van der Waals surface area (Å²) < 4.78 is 23.6. The van der Waals surface area contributed by atoms with Gasteiger partial charge in [-0.1, -0.05) is 0 Å². The van der Waals surface area contributed by atoms with Crippen molar-refractivity contribution in [3.63, 3.8) is 0 Å². The van der Waals surface area contributed by atoms with E-state index in [-0.39, 0.29) is 5.75 Å². The topological polar surface area (TPSA) is 64.0 Å². The van der Waals surface area contributed by atoms with E-state index in [2.05, 4.69) is 10.4 Å². The van der Waals surface area contributed by atoms with E-state index in [0.717, 1.165) is 12.2 Å². The zero-order chi connectivity index (χ0) is 11.3. The number of aryl methyl sites for hydroxylation is 1. The second kappa shape index (κ2) is 5.27. The predicted octanol–water partition coefficient (Wildman–Crippen LogP) is 0.0372. The highest BCUT2D eigenvalue weighted by atomic mass is 32.2. The third-order valence-electron chi connectivity index (χ3n) is 2.06. The van der Waals surface area contributed by atoms with Gasteiger partial charge < -0.3 is 5.32 Å². The van der Waals surface area contributed by atoms with Crippen molar-refractivity contribution in [3.8, 4) is 0 Å². The first kappa shape index (κ1) is 12.2. The Morgan fingerprint density at radius 1 is 1.53 bits per heavy atom. The van der Waals surface area contributed by atoms with Gasteiger partial charge in [0.2, 0.25) is 0 Å². The van der Waals surface area contributed by atoms with Crippen LogP contribution in [0.1, 0.15) is 12.6 Å². The van der Waals surface area contributed by atoms with Gasteiger partial charge in [0.1, 0.15) is 9.84 Å². The highest BCUT2D eigenvalue weighted by Crippen LogP contribution is 1.97. The number of rotatable bonds is 6. The molecule has 0 spiro atoms. The van der Waals surface area contributed by atoms with Gasteiger partial charge in [-0.3, -0.25) is 4.68 Å². The van der Waals surface area contributed by atoms with Gasteiger partial charge in [-0.25, -0.2) is 8.42 Å². The van der Waals surface area contributed by atoms with Gasteiger partial charge >= 0.3 is 0 Å². The first-order valence-corrected chi connectivity index (χ1v) is 6.98. The maximum Gasteiger partial charge on any atom is 0.148 e. The largest absolute Gasteiger partial charge is 0.310 e. The van der Waals surface area contributed by atoms with Crippen LogP contribution in [0, 0.1) is 0 Å². The Labute approximate surface area is 90.4 Å². The Kier molecular flexibility index (Phi) is 4.28. The van der Waals surface area contributed by atoms with Crippen molar-refractivity contribution in [2.45, 2.75) is 20.0 Å². The molecule has 86 valence electrons. The first-order valence-electron chi connectivity index (χ1n) is 4.92. The summed E-state index contributed by atoms with van der Waals surface area (Å²) in [4.78, 5) is 0. The Hall–Kier alpha value is -0.880. The molecule has 0 radical (unpaired) electrons. The van der Waals surface area contributed by atoms with Crippen molar-refractivity contribution in [2.24, 2.45) is 0 Å². The van der Waals surface area contributed by atoms with Gasteiger partial charge in [-0.15, -0.1) is 0 Å². The van der Waals surface area contributed by atoms with E-state index in [1.807, 2.05) is 17.7 Å². The summed E-state index contributed by atoms with van der Waals surface area (Å²) in [6.45, 7) is 3.99. The summed E-state index contributed by atoms with van der Waals surface area (Å²) in [5.74, 6) is 0.174. The van der Waals surface area contributed by atoms with Gasteiger partial charge in [-0.05, 0) is 13.0 Å². The van der Waals surface area contributed by atoms with Crippen molar-refractivity contribution >= 4 is 9.84 Å². The fourth-order valence-electron chi connectivity index (χ4n) is 1.27. The number of hydrogen-bond acceptors (Lipinski definition) is 4. The zero-order valence-electron chi connectivity index (χ0n) is 9.10. The lowest BCUT2D eigenvalue weighted by Crippen LogP contribution is -2.23. The van der Waals surface area contributed by atoms with E-state index in [1.54, 1.807) is 6.20 Å². The molecule has 0 aliphatic rings. The van der Waals surface area contributed by atoms with Crippen LogP contribution in [0.3, 0.4) is 0 Å². The lowest BCUT2D eigenvalue weighted by Gasteiger charge is -2.05. The van der Waals surface area contributed by atoms with Crippen LogP contribution >= 0.6 is 0 Å². The van der Waals surface area contributed by atoms with Crippen molar-refractivity contribution < 1.29 is 8.42 Å². The summed E-state index contributed by atoms with van der Waals surface area (Å²) in [5.41, 5.74) is 1.08. The Morgan fingerprint density at radius 2 is 2.27 bits per heavy atom. The molecule has 0 saturated heterocycles.